The van der Waals surface area contributed by atoms with Crippen LogP contribution < -0.4 is 14.2 Å². The Bertz CT molecular complexity index is 765. The summed E-state index contributed by atoms with van der Waals surface area (Å²) in [5.74, 6) is 1.51. The van der Waals surface area contributed by atoms with E-state index in [9.17, 15) is 9.90 Å². The van der Waals surface area contributed by atoms with Gasteiger partial charge in [-0.1, -0.05) is 0 Å². The van der Waals surface area contributed by atoms with Crippen LogP contribution in [-0.4, -0.2) is 31.2 Å². The molecule has 5 heteroatoms. The highest BCUT2D eigenvalue weighted by atomic mass is 16.5. The van der Waals surface area contributed by atoms with Gasteiger partial charge in [-0.3, -0.25) is 4.79 Å². The lowest BCUT2D eigenvalue weighted by molar-refractivity contribution is 0.104. The molecule has 2 rings (SSSR count). The van der Waals surface area contributed by atoms with Crippen LogP contribution in [0.2, 0.25) is 0 Å². The van der Waals surface area contributed by atoms with Gasteiger partial charge < -0.3 is 19.3 Å². The van der Waals surface area contributed by atoms with Crippen molar-refractivity contribution in [1.82, 2.24) is 0 Å². The standard InChI is InChI=1S/C20H22O5/c1-4-24-16-9-6-14(19(13-16)23-3)7-11-18(22)17-10-8-15(21)12-20(17)25-5-2/h6-13,21H,4-5H2,1-3H3. The SMILES string of the molecule is CCOc1ccc(C=CC(=O)c2ccc(O)cc2OCC)c(OC)c1. The molecule has 0 bridgehead atoms. The molecule has 132 valence electrons. The first-order valence-corrected chi connectivity index (χ1v) is 8.08. The highest BCUT2D eigenvalue weighted by molar-refractivity contribution is 6.08. The smallest absolute Gasteiger partial charge is 0.189 e. The van der Waals surface area contributed by atoms with Crippen LogP contribution in [-0.2, 0) is 0 Å². The van der Waals surface area contributed by atoms with Crippen molar-refractivity contribution in [2.24, 2.45) is 0 Å². The monoisotopic (exact) mass is 342 g/mol. The topological polar surface area (TPSA) is 65.0 Å². The fraction of sp³-hybridized carbons (Fsp3) is 0.250. The molecular formula is C20H22O5. The molecule has 0 saturated heterocycles. The molecule has 0 saturated carbocycles. The van der Waals surface area contributed by atoms with Crippen molar-refractivity contribution in [2.75, 3.05) is 20.3 Å². The molecule has 25 heavy (non-hydrogen) atoms. The number of benzene rings is 2. The van der Waals surface area contributed by atoms with Crippen molar-refractivity contribution < 1.29 is 24.1 Å². The summed E-state index contributed by atoms with van der Waals surface area (Å²) in [6.07, 6.45) is 3.13. The van der Waals surface area contributed by atoms with Gasteiger partial charge in [0.25, 0.3) is 0 Å². The normalized spacial score (nSPS) is 10.7. The molecule has 0 heterocycles. The van der Waals surface area contributed by atoms with Gasteiger partial charge in [-0.05, 0) is 50.3 Å². The van der Waals surface area contributed by atoms with Crippen LogP contribution in [0.3, 0.4) is 0 Å². The Balaban J connectivity index is 2.26. The summed E-state index contributed by atoms with van der Waals surface area (Å²) < 4.78 is 16.2. The lowest BCUT2D eigenvalue weighted by Crippen LogP contribution is -2.01. The second-order valence-electron chi connectivity index (χ2n) is 5.15. The summed E-state index contributed by atoms with van der Waals surface area (Å²) in [6, 6.07) is 9.86. The van der Waals surface area contributed by atoms with Gasteiger partial charge in [0.1, 0.15) is 23.0 Å². The fourth-order valence-corrected chi connectivity index (χ4v) is 2.33. The van der Waals surface area contributed by atoms with Gasteiger partial charge in [0.05, 0.1) is 25.9 Å². The van der Waals surface area contributed by atoms with Crippen molar-refractivity contribution in [3.05, 3.63) is 53.6 Å². The highest BCUT2D eigenvalue weighted by Crippen LogP contribution is 2.28. The molecule has 0 fully saturated rings. The van der Waals surface area contributed by atoms with Gasteiger partial charge >= 0.3 is 0 Å². The predicted molar refractivity (Wildman–Crippen MR) is 96.8 cm³/mol. The molecule has 0 unspecified atom stereocenters. The number of methoxy groups -OCH3 is 1. The minimum absolute atomic E-state index is 0.0529. The zero-order chi connectivity index (χ0) is 18.2. The summed E-state index contributed by atoms with van der Waals surface area (Å²) in [6.45, 7) is 4.70. The third-order valence-corrected chi connectivity index (χ3v) is 3.46. The largest absolute Gasteiger partial charge is 0.508 e. The van der Waals surface area contributed by atoms with E-state index >= 15 is 0 Å². The molecule has 1 N–H and O–H groups in total. The molecule has 2 aromatic rings. The molecule has 0 amide bonds. The number of ether oxygens (including phenoxy) is 3. The number of phenolic OH excluding ortho intramolecular Hbond substituents is 1. The number of allylic oxidation sites excluding steroid dienone is 1. The van der Waals surface area contributed by atoms with Gasteiger partial charge in [0.2, 0.25) is 0 Å². The first kappa shape index (κ1) is 18.4. The number of carbonyl (C=O) groups is 1. The number of rotatable bonds is 8. The molecule has 0 spiro atoms. The van der Waals surface area contributed by atoms with E-state index in [1.807, 2.05) is 26.0 Å². The van der Waals surface area contributed by atoms with Crippen molar-refractivity contribution in [3.8, 4) is 23.0 Å². The van der Waals surface area contributed by atoms with Gasteiger partial charge in [0.15, 0.2) is 5.78 Å². The van der Waals surface area contributed by atoms with Crippen LogP contribution in [0.1, 0.15) is 29.8 Å². The average molecular weight is 342 g/mol. The van der Waals surface area contributed by atoms with Crippen LogP contribution >= 0.6 is 0 Å². The number of ketones is 1. The summed E-state index contributed by atoms with van der Waals surface area (Å²) in [4.78, 5) is 12.5. The van der Waals surface area contributed by atoms with E-state index in [-0.39, 0.29) is 11.5 Å². The number of hydrogen-bond donors (Lipinski definition) is 1. The van der Waals surface area contributed by atoms with E-state index < -0.39 is 0 Å². The maximum atomic E-state index is 12.5. The number of hydrogen-bond acceptors (Lipinski definition) is 5. The van der Waals surface area contributed by atoms with E-state index in [1.54, 1.807) is 25.3 Å². The number of aromatic hydroxyl groups is 1. The molecule has 0 radical (unpaired) electrons. The zero-order valence-corrected chi connectivity index (χ0v) is 14.6. The minimum Gasteiger partial charge on any atom is -0.508 e. The maximum Gasteiger partial charge on any atom is 0.189 e. The summed E-state index contributed by atoms with van der Waals surface area (Å²) >= 11 is 0. The summed E-state index contributed by atoms with van der Waals surface area (Å²) in [7, 11) is 1.57. The van der Waals surface area contributed by atoms with Crippen LogP contribution in [0.25, 0.3) is 6.08 Å². The van der Waals surface area contributed by atoms with Crippen molar-refractivity contribution >= 4 is 11.9 Å². The van der Waals surface area contributed by atoms with Crippen molar-refractivity contribution in [2.45, 2.75) is 13.8 Å². The maximum absolute atomic E-state index is 12.5. The van der Waals surface area contributed by atoms with Crippen LogP contribution in [0.4, 0.5) is 0 Å². The molecule has 0 aliphatic rings. The average Bonchev–Trinajstić information content (AvgIpc) is 2.61. The van der Waals surface area contributed by atoms with E-state index in [4.69, 9.17) is 14.2 Å². The Morgan fingerprint density at radius 3 is 2.48 bits per heavy atom. The van der Waals surface area contributed by atoms with Gasteiger partial charge in [-0.2, -0.15) is 0 Å². The lowest BCUT2D eigenvalue weighted by Gasteiger charge is -2.09. The van der Waals surface area contributed by atoms with Gasteiger partial charge in [0, 0.05) is 17.7 Å². The molecule has 0 atom stereocenters. The van der Waals surface area contributed by atoms with Gasteiger partial charge in [-0.25, -0.2) is 0 Å². The zero-order valence-electron chi connectivity index (χ0n) is 14.6. The Labute approximate surface area is 147 Å². The Morgan fingerprint density at radius 2 is 1.80 bits per heavy atom. The summed E-state index contributed by atoms with van der Waals surface area (Å²) in [5, 5.41) is 9.55. The number of carbonyl (C=O) groups excluding carboxylic acids is 1. The van der Waals surface area contributed by atoms with E-state index in [1.165, 1.54) is 18.2 Å². The predicted octanol–water partition coefficient (Wildman–Crippen LogP) is 4.09. The quantitative estimate of drug-likeness (QED) is 0.578. The van der Waals surface area contributed by atoms with Crippen molar-refractivity contribution in [3.63, 3.8) is 0 Å². The molecule has 0 aliphatic heterocycles. The first-order chi connectivity index (χ1) is 12.1. The van der Waals surface area contributed by atoms with Crippen LogP contribution in [0.5, 0.6) is 23.0 Å². The van der Waals surface area contributed by atoms with Gasteiger partial charge in [-0.15, -0.1) is 0 Å². The fourth-order valence-electron chi connectivity index (χ4n) is 2.33. The van der Waals surface area contributed by atoms with Crippen LogP contribution in [0, 0.1) is 0 Å². The van der Waals surface area contributed by atoms with E-state index in [0.29, 0.717) is 36.0 Å². The minimum atomic E-state index is -0.223. The van der Waals surface area contributed by atoms with E-state index in [2.05, 4.69) is 0 Å². The molecule has 5 nitrogen and oxygen atoms in total. The lowest BCUT2D eigenvalue weighted by atomic mass is 10.1. The Morgan fingerprint density at radius 1 is 1.04 bits per heavy atom. The first-order valence-electron chi connectivity index (χ1n) is 8.08. The molecular weight excluding hydrogens is 320 g/mol. The highest BCUT2D eigenvalue weighted by Gasteiger charge is 2.11. The second kappa shape index (κ2) is 8.78. The number of phenols is 1. The van der Waals surface area contributed by atoms with Crippen molar-refractivity contribution in [1.29, 1.82) is 0 Å². The third-order valence-electron chi connectivity index (χ3n) is 3.46. The molecule has 2 aromatic carbocycles. The summed E-state index contributed by atoms with van der Waals surface area (Å²) in [5.41, 5.74) is 1.15. The molecule has 0 aromatic heterocycles. The second-order valence-corrected chi connectivity index (χ2v) is 5.15. The third kappa shape index (κ3) is 4.76. The van der Waals surface area contributed by atoms with E-state index in [0.717, 1.165) is 5.56 Å². The Hall–Kier alpha value is -2.95. The molecule has 0 aliphatic carbocycles. The van der Waals surface area contributed by atoms with Crippen LogP contribution in [0.15, 0.2) is 42.5 Å². The Kier molecular flexibility index (Phi) is 6.46.